The van der Waals surface area contributed by atoms with Gasteiger partial charge in [0.15, 0.2) is 0 Å². The van der Waals surface area contributed by atoms with E-state index >= 15 is 0 Å². The molecule has 1 heterocycles. The molecule has 5 rings (SSSR count). The highest BCUT2D eigenvalue weighted by atomic mass is 35.5. The van der Waals surface area contributed by atoms with E-state index in [-0.39, 0.29) is 29.2 Å². The molecule has 142 valence electrons. The number of benzene rings is 2. The first-order valence-corrected chi connectivity index (χ1v) is 9.87. The van der Waals surface area contributed by atoms with Crippen molar-refractivity contribution in [3.63, 3.8) is 0 Å². The highest BCUT2D eigenvalue weighted by molar-refractivity contribution is 6.30. The van der Waals surface area contributed by atoms with E-state index in [9.17, 15) is 14.4 Å². The smallest absolute Gasteiger partial charge is 0.345 e. The fourth-order valence-electron chi connectivity index (χ4n) is 5.15. The number of anilines is 1. The summed E-state index contributed by atoms with van der Waals surface area (Å²) in [5.41, 5.74) is 0.511. The normalized spacial score (nSPS) is 28.0. The molecule has 1 saturated heterocycles. The molecular weight excluding hydrogens is 378 g/mol. The Morgan fingerprint density at radius 3 is 2.18 bits per heavy atom. The second-order valence-electron chi connectivity index (χ2n) is 7.76. The van der Waals surface area contributed by atoms with Crippen LogP contribution in [0.15, 0.2) is 48.5 Å². The maximum Gasteiger partial charge on any atom is 0.345 e. The average molecular weight is 396 g/mol. The summed E-state index contributed by atoms with van der Waals surface area (Å²) in [6, 6.07) is 13.1. The molecule has 4 atom stereocenters. The van der Waals surface area contributed by atoms with E-state index in [0.29, 0.717) is 28.3 Å². The molecule has 5 nitrogen and oxygen atoms in total. The van der Waals surface area contributed by atoms with Crippen LogP contribution in [0.2, 0.25) is 5.02 Å². The Morgan fingerprint density at radius 1 is 0.929 bits per heavy atom. The summed E-state index contributed by atoms with van der Waals surface area (Å²) < 4.78 is 5.43. The third-order valence-electron chi connectivity index (χ3n) is 6.32. The molecule has 2 aliphatic carbocycles. The number of hydrogen-bond donors (Lipinski definition) is 0. The lowest BCUT2D eigenvalue weighted by molar-refractivity contribution is -0.123. The molecule has 2 aromatic carbocycles. The van der Waals surface area contributed by atoms with Gasteiger partial charge in [-0.2, -0.15) is 0 Å². The van der Waals surface area contributed by atoms with Crippen molar-refractivity contribution in [1.82, 2.24) is 0 Å². The van der Waals surface area contributed by atoms with Crippen molar-refractivity contribution >= 4 is 35.1 Å². The number of carbonyl (C=O) groups excluding carboxylic acids is 3. The third kappa shape index (κ3) is 2.57. The van der Waals surface area contributed by atoms with Crippen molar-refractivity contribution in [2.24, 2.45) is 23.7 Å². The number of amides is 2. The minimum absolute atomic E-state index is 0.172. The van der Waals surface area contributed by atoms with Gasteiger partial charge in [0.2, 0.25) is 11.8 Å². The van der Waals surface area contributed by atoms with E-state index in [2.05, 4.69) is 0 Å². The van der Waals surface area contributed by atoms with E-state index < -0.39 is 5.97 Å². The fourth-order valence-corrected chi connectivity index (χ4v) is 5.28. The number of rotatable bonds is 3. The van der Waals surface area contributed by atoms with Crippen LogP contribution in [0.4, 0.5) is 5.69 Å². The maximum atomic E-state index is 13.1. The van der Waals surface area contributed by atoms with Gasteiger partial charge in [-0.1, -0.05) is 23.7 Å². The van der Waals surface area contributed by atoms with Crippen LogP contribution in [-0.4, -0.2) is 17.8 Å². The second-order valence-corrected chi connectivity index (χ2v) is 8.19. The number of hydrogen-bond acceptors (Lipinski definition) is 4. The zero-order valence-electron chi connectivity index (χ0n) is 15.0. The Labute approximate surface area is 167 Å². The first-order valence-electron chi connectivity index (χ1n) is 9.49. The van der Waals surface area contributed by atoms with Crippen LogP contribution in [-0.2, 0) is 9.59 Å². The molecule has 2 amide bonds. The Morgan fingerprint density at radius 2 is 1.54 bits per heavy atom. The van der Waals surface area contributed by atoms with Gasteiger partial charge in [-0.15, -0.1) is 0 Å². The topological polar surface area (TPSA) is 63.7 Å². The lowest BCUT2D eigenvalue weighted by atomic mass is 9.81. The van der Waals surface area contributed by atoms with Gasteiger partial charge in [0, 0.05) is 5.02 Å². The summed E-state index contributed by atoms with van der Waals surface area (Å²) >= 11 is 5.86. The number of esters is 1. The molecule has 0 unspecified atom stereocenters. The number of carbonyl (C=O) groups is 3. The number of para-hydroxylation sites is 1. The summed E-state index contributed by atoms with van der Waals surface area (Å²) in [6.45, 7) is 0. The standard InChI is InChI=1S/C22H18ClNO4/c23-14-7-9-15(10-8-14)28-22(27)16-3-1-2-4-17(16)24-20(25)18-12-5-6-13(11-12)19(18)21(24)26/h1-4,7-10,12-13,18-19H,5-6,11H2/t12-,13-,18+,19+/m0/s1. The minimum atomic E-state index is -0.612. The van der Waals surface area contributed by atoms with E-state index in [1.165, 1.54) is 4.90 Å². The number of imide groups is 1. The van der Waals surface area contributed by atoms with Gasteiger partial charge in [-0.25, -0.2) is 9.69 Å². The summed E-state index contributed by atoms with van der Waals surface area (Å²) in [5, 5.41) is 0.537. The quantitative estimate of drug-likeness (QED) is 0.446. The number of ether oxygens (including phenoxy) is 1. The van der Waals surface area contributed by atoms with Crippen LogP contribution in [0.3, 0.4) is 0 Å². The molecule has 6 heteroatoms. The fraction of sp³-hybridized carbons (Fsp3) is 0.318. The predicted molar refractivity (Wildman–Crippen MR) is 103 cm³/mol. The highest BCUT2D eigenvalue weighted by Crippen LogP contribution is 2.56. The average Bonchev–Trinajstić information content (AvgIpc) is 3.37. The van der Waals surface area contributed by atoms with Gasteiger partial charge in [-0.05, 0) is 67.5 Å². The van der Waals surface area contributed by atoms with Crippen molar-refractivity contribution in [1.29, 1.82) is 0 Å². The molecule has 0 radical (unpaired) electrons. The summed E-state index contributed by atoms with van der Waals surface area (Å²) in [6.07, 6.45) is 3.00. The summed E-state index contributed by atoms with van der Waals surface area (Å²) in [7, 11) is 0. The van der Waals surface area contributed by atoms with Crippen molar-refractivity contribution in [3.05, 3.63) is 59.1 Å². The molecule has 3 aliphatic rings. The van der Waals surface area contributed by atoms with E-state index in [1.54, 1.807) is 48.5 Å². The molecule has 0 aromatic heterocycles. The number of fused-ring (bicyclic) bond motifs is 5. The lowest BCUT2D eigenvalue weighted by Gasteiger charge is -2.19. The first-order chi connectivity index (χ1) is 13.5. The molecule has 2 aromatic rings. The van der Waals surface area contributed by atoms with Gasteiger partial charge < -0.3 is 4.74 Å². The van der Waals surface area contributed by atoms with E-state index in [4.69, 9.17) is 16.3 Å². The zero-order chi connectivity index (χ0) is 19.4. The molecule has 0 spiro atoms. The van der Waals surface area contributed by atoms with Crippen LogP contribution in [0.5, 0.6) is 5.75 Å². The Hall–Kier alpha value is -2.66. The van der Waals surface area contributed by atoms with E-state index in [0.717, 1.165) is 19.3 Å². The minimum Gasteiger partial charge on any atom is -0.423 e. The van der Waals surface area contributed by atoms with Gasteiger partial charge in [0.05, 0.1) is 23.1 Å². The Balaban J connectivity index is 1.47. The third-order valence-corrected chi connectivity index (χ3v) is 6.57. The van der Waals surface area contributed by atoms with Crippen molar-refractivity contribution in [2.75, 3.05) is 4.90 Å². The van der Waals surface area contributed by atoms with Crippen molar-refractivity contribution in [2.45, 2.75) is 19.3 Å². The van der Waals surface area contributed by atoms with Crippen LogP contribution >= 0.6 is 11.6 Å². The SMILES string of the molecule is O=C(Oc1ccc(Cl)cc1)c1ccccc1N1C(=O)[C@@H]2[C@H]3CC[C@@H](C3)[C@H]2C1=O. The highest BCUT2D eigenvalue weighted by Gasteiger charge is 2.61. The van der Waals surface area contributed by atoms with E-state index in [1.807, 2.05) is 0 Å². The number of halogens is 1. The van der Waals surface area contributed by atoms with Crippen LogP contribution in [0, 0.1) is 23.7 Å². The zero-order valence-corrected chi connectivity index (χ0v) is 15.8. The van der Waals surface area contributed by atoms with Gasteiger partial charge >= 0.3 is 5.97 Å². The van der Waals surface area contributed by atoms with Crippen molar-refractivity contribution < 1.29 is 19.1 Å². The lowest BCUT2D eigenvalue weighted by Crippen LogP contribution is -2.34. The van der Waals surface area contributed by atoms with Crippen LogP contribution < -0.4 is 9.64 Å². The van der Waals surface area contributed by atoms with Crippen LogP contribution in [0.25, 0.3) is 0 Å². The molecule has 0 N–H and O–H groups in total. The van der Waals surface area contributed by atoms with Crippen LogP contribution in [0.1, 0.15) is 29.6 Å². The second kappa shape index (κ2) is 6.45. The van der Waals surface area contributed by atoms with Crippen molar-refractivity contribution in [3.8, 4) is 5.75 Å². The molecule has 2 saturated carbocycles. The Bertz CT molecular complexity index is 958. The summed E-state index contributed by atoms with van der Waals surface area (Å²) in [4.78, 5) is 40.2. The molecule has 2 bridgehead atoms. The number of nitrogens with zero attached hydrogens (tertiary/aromatic N) is 1. The largest absolute Gasteiger partial charge is 0.423 e. The van der Waals surface area contributed by atoms with Gasteiger partial charge in [0.25, 0.3) is 0 Å². The monoisotopic (exact) mass is 395 g/mol. The molecular formula is C22H18ClNO4. The maximum absolute atomic E-state index is 13.1. The predicted octanol–water partition coefficient (Wildman–Crippen LogP) is 4.09. The summed E-state index contributed by atoms with van der Waals surface area (Å²) in [5.74, 6) is -0.480. The molecule has 28 heavy (non-hydrogen) atoms. The molecule has 3 fully saturated rings. The Kier molecular flexibility index (Phi) is 4.02. The van der Waals surface area contributed by atoms with Gasteiger partial charge in [-0.3, -0.25) is 9.59 Å². The first kappa shape index (κ1) is 17.4. The molecule has 1 aliphatic heterocycles. The van der Waals surface area contributed by atoms with Gasteiger partial charge in [0.1, 0.15) is 5.75 Å².